The van der Waals surface area contributed by atoms with Gasteiger partial charge in [0.1, 0.15) is 0 Å². The summed E-state index contributed by atoms with van der Waals surface area (Å²) in [6.45, 7) is 11.5. The largest absolute Gasteiger partial charge is 0.310 e. The van der Waals surface area contributed by atoms with Crippen LogP contribution in [0, 0.1) is 0 Å². The highest BCUT2D eigenvalue weighted by Crippen LogP contribution is 2.66. The Morgan fingerprint density at radius 2 is 1.18 bits per heavy atom. The number of nitrogens with zero attached hydrogens (tertiary/aromatic N) is 1. The maximum absolute atomic E-state index is 5.02. The first kappa shape index (κ1) is 34.8. The Morgan fingerprint density at radius 1 is 0.567 bits per heavy atom. The predicted molar refractivity (Wildman–Crippen MR) is 249 cm³/mol. The lowest BCUT2D eigenvalue weighted by atomic mass is 9.67. The van der Waals surface area contributed by atoms with Crippen LogP contribution < -0.4 is 4.90 Å². The van der Waals surface area contributed by atoms with Crippen LogP contribution in [0.2, 0.25) is 0 Å². The van der Waals surface area contributed by atoms with Crippen LogP contribution in [-0.2, 0) is 23.7 Å². The lowest BCUT2D eigenvalue weighted by Crippen LogP contribution is -2.29. The molecule has 0 saturated carbocycles. The molecule has 0 aromatic heterocycles. The summed E-state index contributed by atoms with van der Waals surface area (Å²) < 4.78 is 0. The fraction of sp³-hybridized carbons (Fsp3) is 0.0847. The van der Waals surface area contributed by atoms with Crippen molar-refractivity contribution in [2.24, 2.45) is 0 Å². The van der Waals surface area contributed by atoms with E-state index >= 15 is 0 Å². The van der Waals surface area contributed by atoms with Gasteiger partial charge in [-0.3, -0.25) is 0 Å². The number of fused-ring (bicyclic) bond motifs is 8. The first-order valence-electron chi connectivity index (χ1n) is 21.2. The molecule has 60 heavy (non-hydrogen) atoms. The second-order valence-electron chi connectivity index (χ2n) is 16.8. The average molecular weight is 766 g/mol. The molecule has 12 rings (SSSR count). The molecule has 0 saturated heterocycles. The van der Waals surface area contributed by atoms with Gasteiger partial charge in [0.25, 0.3) is 0 Å². The Labute approximate surface area is 353 Å². The number of rotatable bonds is 6. The third-order valence-electron chi connectivity index (χ3n) is 14.1. The van der Waals surface area contributed by atoms with Crippen LogP contribution in [0.1, 0.15) is 62.6 Å². The molecule has 0 amide bonds. The SMILES string of the molecule is C=C/C=C1C2=C(C)/C3=C/C=C\Cc4c(ccc5c4C5)C2(C3=C)c2cc(N(c3ccccc3)c3ccc4c(c3)C(c3ccccc3)(c3ccccc3)c3ccccc3-4)ccc2\1. The first-order valence-corrected chi connectivity index (χ1v) is 21.2. The van der Waals surface area contributed by atoms with E-state index < -0.39 is 10.8 Å². The summed E-state index contributed by atoms with van der Waals surface area (Å²) in [5.74, 6) is 0. The zero-order valence-electron chi connectivity index (χ0n) is 33.8. The minimum Gasteiger partial charge on any atom is -0.310 e. The molecular formula is C59H43N. The summed E-state index contributed by atoms with van der Waals surface area (Å²) in [6, 6.07) is 61.2. The van der Waals surface area contributed by atoms with E-state index in [2.05, 4.69) is 206 Å². The quantitative estimate of drug-likeness (QED) is 0.163. The summed E-state index contributed by atoms with van der Waals surface area (Å²) in [7, 11) is 0. The second kappa shape index (κ2) is 12.9. The van der Waals surface area contributed by atoms with E-state index in [-0.39, 0.29) is 0 Å². The standard InChI is InChI=1S/C59H43N/c1-4-18-51-50-33-31-44(36-55(50)58-39(3)46(38(2)57(51)58)25-14-15-27-48-52-35-40(52)29-34-54(48)58)60(43-23-12-7-13-24-43)45-30-32-49-47-26-16-17-28-53(47)59(56(49)37-45,41-19-8-5-9-20-41)42-21-10-6-11-22-42/h4-26,28-34,36-37H,1,3,27,35H2,2H3/b15-14-,46-25-,51-18-. The molecule has 7 aromatic rings. The third-order valence-corrected chi connectivity index (χ3v) is 14.1. The highest BCUT2D eigenvalue weighted by atomic mass is 15.1. The minimum atomic E-state index is -0.521. The Kier molecular flexibility index (Phi) is 7.47. The van der Waals surface area contributed by atoms with Gasteiger partial charge in [0.2, 0.25) is 0 Å². The summed E-state index contributed by atoms with van der Waals surface area (Å²) >= 11 is 0. The van der Waals surface area contributed by atoms with Crippen LogP contribution in [0.25, 0.3) is 16.7 Å². The van der Waals surface area contributed by atoms with Crippen molar-refractivity contribution >= 4 is 22.6 Å². The van der Waals surface area contributed by atoms with Gasteiger partial charge in [-0.05, 0) is 151 Å². The summed E-state index contributed by atoms with van der Waals surface area (Å²) in [6.07, 6.45) is 13.1. The van der Waals surface area contributed by atoms with E-state index in [1.54, 1.807) is 0 Å². The lowest BCUT2D eigenvalue weighted by Gasteiger charge is -2.35. The molecule has 0 N–H and O–H groups in total. The molecule has 0 radical (unpaired) electrons. The predicted octanol–water partition coefficient (Wildman–Crippen LogP) is 14.2. The van der Waals surface area contributed by atoms with Crippen molar-refractivity contribution in [1.29, 1.82) is 0 Å². The normalized spacial score (nSPS) is 20.3. The van der Waals surface area contributed by atoms with Crippen LogP contribution in [0.4, 0.5) is 17.1 Å². The Balaban J connectivity index is 1.13. The maximum atomic E-state index is 5.02. The van der Waals surface area contributed by atoms with Gasteiger partial charge < -0.3 is 4.90 Å². The van der Waals surface area contributed by atoms with Gasteiger partial charge in [0.05, 0.1) is 10.8 Å². The van der Waals surface area contributed by atoms with Crippen LogP contribution in [0.15, 0.2) is 230 Å². The summed E-state index contributed by atoms with van der Waals surface area (Å²) in [4.78, 5) is 2.46. The molecular weight excluding hydrogens is 723 g/mol. The number of allylic oxidation sites excluding steroid dienone is 10. The molecule has 1 heteroatoms. The topological polar surface area (TPSA) is 3.24 Å². The smallest absolute Gasteiger partial charge is 0.0720 e. The van der Waals surface area contributed by atoms with Gasteiger partial charge in [0.15, 0.2) is 0 Å². The van der Waals surface area contributed by atoms with Crippen molar-refractivity contribution in [3.8, 4) is 11.1 Å². The van der Waals surface area contributed by atoms with Crippen molar-refractivity contribution < 1.29 is 0 Å². The monoisotopic (exact) mass is 765 g/mol. The third kappa shape index (κ3) is 4.52. The van der Waals surface area contributed by atoms with E-state index in [1.807, 2.05) is 6.08 Å². The molecule has 0 aliphatic heterocycles. The van der Waals surface area contributed by atoms with Crippen molar-refractivity contribution in [1.82, 2.24) is 0 Å². The van der Waals surface area contributed by atoms with E-state index in [0.29, 0.717) is 0 Å². The molecule has 1 unspecified atom stereocenters. The summed E-state index contributed by atoms with van der Waals surface area (Å²) in [5.41, 5.74) is 24.6. The van der Waals surface area contributed by atoms with Gasteiger partial charge >= 0.3 is 0 Å². The Morgan fingerprint density at radius 3 is 1.88 bits per heavy atom. The molecule has 0 heterocycles. The maximum Gasteiger partial charge on any atom is 0.0720 e. The van der Waals surface area contributed by atoms with Crippen LogP contribution in [-0.4, -0.2) is 0 Å². The summed E-state index contributed by atoms with van der Waals surface area (Å²) in [5, 5.41) is 0. The molecule has 2 bridgehead atoms. The van der Waals surface area contributed by atoms with Crippen molar-refractivity contribution in [2.75, 3.05) is 4.90 Å². The molecule has 0 fully saturated rings. The van der Waals surface area contributed by atoms with Gasteiger partial charge in [-0.15, -0.1) is 0 Å². The van der Waals surface area contributed by atoms with Crippen molar-refractivity contribution in [3.63, 3.8) is 0 Å². The highest BCUT2D eigenvalue weighted by Gasteiger charge is 2.56. The molecule has 1 nitrogen and oxygen atoms in total. The van der Waals surface area contributed by atoms with E-state index in [4.69, 9.17) is 6.58 Å². The zero-order valence-corrected chi connectivity index (χ0v) is 33.8. The lowest BCUT2D eigenvalue weighted by molar-refractivity contribution is 0.768. The van der Waals surface area contributed by atoms with Crippen LogP contribution >= 0.6 is 0 Å². The van der Waals surface area contributed by atoms with Crippen molar-refractivity contribution in [2.45, 2.75) is 30.6 Å². The van der Waals surface area contributed by atoms with E-state index in [1.165, 1.54) is 89.1 Å². The molecule has 7 aromatic carbocycles. The molecule has 5 aliphatic rings. The zero-order chi connectivity index (χ0) is 40.2. The number of hydrogen-bond acceptors (Lipinski definition) is 1. The van der Waals surface area contributed by atoms with Crippen molar-refractivity contribution in [3.05, 3.63) is 285 Å². The van der Waals surface area contributed by atoms with Crippen LogP contribution in [0.3, 0.4) is 0 Å². The van der Waals surface area contributed by atoms with E-state index in [0.717, 1.165) is 35.5 Å². The number of benzene rings is 7. The minimum absolute atomic E-state index is 0.506. The molecule has 284 valence electrons. The second-order valence-corrected chi connectivity index (χ2v) is 16.8. The molecule has 1 spiro atoms. The van der Waals surface area contributed by atoms with Crippen LogP contribution in [0.5, 0.6) is 0 Å². The van der Waals surface area contributed by atoms with Gasteiger partial charge in [-0.25, -0.2) is 0 Å². The van der Waals surface area contributed by atoms with Gasteiger partial charge in [-0.2, -0.15) is 0 Å². The Hall–Kier alpha value is -7.22. The fourth-order valence-electron chi connectivity index (χ4n) is 11.6. The van der Waals surface area contributed by atoms with Gasteiger partial charge in [0, 0.05) is 17.1 Å². The highest BCUT2D eigenvalue weighted by molar-refractivity contribution is 6.01. The Bertz CT molecular complexity index is 3080. The number of hydrogen-bond donors (Lipinski definition) is 0. The average Bonchev–Trinajstić information content (AvgIpc) is 3.89. The number of anilines is 3. The molecule has 1 atom stereocenters. The first-order chi connectivity index (χ1) is 29.6. The molecule has 5 aliphatic carbocycles. The number of para-hydroxylation sites is 1. The van der Waals surface area contributed by atoms with E-state index in [9.17, 15) is 0 Å². The van der Waals surface area contributed by atoms with Gasteiger partial charge in [-0.1, -0.05) is 171 Å². The fourth-order valence-corrected chi connectivity index (χ4v) is 11.6.